The Morgan fingerprint density at radius 3 is 1.78 bits per heavy atom. The number of oxazole rings is 1. The Morgan fingerprint density at radius 1 is 0.609 bits per heavy atom. The van der Waals surface area contributed by atoms with E-state index < -0.39 is 0 Å². The first kappa shape index (κ1) is 54.3. The Morgan fingerprint density at radius 2 is 1.17 bits per heavy atom. The Kier molecular flexibility index (Phi) is 25.3. The highest BCUT2D eigenvalue weighted by Gasteiger charge is 2.18. The maximum absolute atomic E-state index is 12.4. The first-order valence-electron chi connectivity index (χ1n) is 23.7. The lowest BCUT2D eigenvalue weighted by Crippen LogP contribution is -2.13. The van der Waals surface area contributed by atoms with Gasteiger partial charge >= 0.3 is 0 Å². The van der Waals surface area contributed by atoms with Crippen LogP contribution in [0.2, 0.25) is 0 Å². The van der Waals surface area contributed by atoms with Crippen molar-refractivity contribution in [2.24, 2.45) is 0 Å². The van der Waals surface area contributed by atoms with Gasteiger partial charge in [-0.2, -0.15) is 10.1 Å². The number of carbonyl (C=O) groups excluding carboxylic acids is 3. The highest BCUT2D eigenvalue weighted by molar-refractivity contribution is 5.99. The van der Waals surface area contributed by atoms with Gasteiger partial charge in [0.15, 0.2) is 17.0 Å². The molecule has 19 nitrogen and oxygen atoms in total. The highest BCUT2D eigenvalue weighted by Crippen LogP contribution is 2.32. The minimum absolute atomic E-state index is 0.0502. The van der Waals surface area contributed by atoms with E-state index in [2.05, 4.69) is 20.9 Å². The Balaban J connectivity index is 0.724. The van der Waals surface area contributed by atoms with Gasteiger partial charge in [-0.25, -0.2) is 14.6 Å². The second kappa shape index (κ2) is 32.2. The molecule has 0 radical (unpaired) electrons. The fourth-order valence-corrected chi connectivity index (χ4v) is 7.02. The normalized spacial score (nSPS) is 11.5. The number of nitrogens with two attached hydrogens (primary N) is 2. The van der Waals surface area contributed by atoms with Crippen molar-refractivity contribution in [2.75, 3.05) is 117 Å². The van der Waals surface area contributed by atoms with Gasteiger partial charge in [0.1, 0.15) is 34.9 Å². The monoisotopic (exact) mass is 957 g/mol. The predicted molar refractivity (Wildman–Crippen MR) is 259 cm³/mol. The maximum atomic E-state index is 12.4. The standard InChI is InChI=1S/C50H67N7O12/c1-2-38-9-6-10-39(35-38)44(60)13-8-20-62-24-28-66-32-34-68-30-26-64-22-17-42(59)12-7-19-61-23-27-65-31-33-67-29-25-63-21-16-41(58)11-4-3-5-18-57-49-46(48(51)53-37-54-49)47(56-57)40-14-15-45-43(36-40)55-50(52)69-45/h1,6,9-10,14-15,35-37H,3-5,7-8,11-13,16-34H2,(H2,52,55)(H2,51,53,54). The Labute approximate surface area is 403 Å². The molecule has 0 aliphatic rings. The van der Waals surface area contributed by atoms with Gasteiger partial charge in [-0.1, -0.05) is 24.5 Å². The van der Waals surface area contributed by atoms with Crippen molar-refractivity contribution < 1.29 is 56.7 Å². The minimum atomic E-state index is 0.0502. The molecule has 5 rings (SSSR count). The first-order chi connectivity index (χ1) is 33.8. The molecule has 0 aliphatic heterocycles. The van der Waals surface area contributed by atoms with E-state index >= 15 is 0 Å². The molecule has 5 aromatic rings. The van der Waals surface area contributed by atoms with E-state index in [0.29, 0.717) is 202 Å². The van der Waals surface area contributed by atoms with E-state index in [1.807, 2.05) is 16.8 Å². The third-order valence-corrected chi connectivity index (χ3v) is 10.6. The largest absolute Gasteiger partial charge is 0.424 e. The summed E-state index contributed by atoms with van der Waals surface area (Å²) in [4.78, 5) is 49.6. The lowest BCUT2D eigenvalue weighted by atomic mass is 10.0. The highest BCUT2D eigenvalue weighted by atomic mass is 16.6. The van der Waals surface area contributed by atoms with Gasteiger partial charge in [-0.15, -0.1) is 6.42 Å². The SMILES string of the molecule is C#Cc1cccc(C(=O)CCCOCCOCCOCCOCCC(=O)CCCOCCOCCOCCOCCC(=O)CCCCCn2nc(-c3ccc4oc(N)nc4c3)c3c(N)ncnc32)c1. The van der Waals surface area contributed by atoms with E-state index in [1.165, 1.54) is 6.33 Å². The van der Waals surface area contributed by atoms with Crippen LogP contribution in [0.1, 0.15) is 80.1 Å². The second-order valence-corrected chi connectivity index (χ2v) is 15.9. The van der Waals surface area contributed by atoms with Crippen LogP contribution < -0.4 is 11.5 Å². The maximum Gasteiger partial charge on any atom is 0.292 e. The van der Waals surface area contributed by atoms with Crippen molar-refractivity contribution in [1.29, 1.82) is 0 Å². The van der Waals surface area contributed by atoms with Crippen molar-refractivity contribution >= 4 is 51.3 Å². The molecule has 19 heteroatoms. The van der Waals surface area contributed by atoms with Gasteiger partial charge < -0.3 is 53.8 Å². The molecule has 0 saturated heterocycles. The van der Waals surface area contributed by atoms with Crippen LogP contribution in [0.3, 0.4) is 0 Å². The van der Waals surface area contributed by atoms with Gasteiger partial charge in [-0.3, -0.25) is 14.4 Å². The molecule has 2 aromatic carbocycles. The van der Waals surface area contributed by atoms with Crippen LogP contribution in [0.25, 0.3) is 33.4 Å². The number of nitrogens with zero attached hydrogens (tertiary/aromatic N) is 5. The van der Waals surface area contributed by atoms with Crippen molar-refractivity contribution in [1.82, 2.24) is 24.7 Å². The van der Waals surface area contributed by atoms with Crippen LogP contribution in [-0.2, 0) is 54.0 Å². The van der Waals surface area contributed by atoms with Crippen LogP contribution in [0.15, 0.2) is 53.2 Å². The van der Waals surface area contributed by atoms with Gasteiger partial charge in [0, 0.05) is 68.6 Å². The van der Waals surface area contributed by atoms with Crippen LogP contribution in [0.5, 0.6) is 0 Å². The van der Waals surface area contributed by atoms with Crippen LogP contribution >= 0.6 is 0 Å². The summed E-state index contributed by atoms with van der Waals surface area (Å²) in [7, 11) is 0. The minimum Gasteiger partial charge on any atom is -0.424 e. The van der Waals surface area contributed by atoms with Crippen molar-refractivity contribution in [3.05, 3.63) is 59.9 Å². The number of hydrogen-bond acceptors (Lipinski definition) is 18. The molecule has 0 aliphatic carbocycles. The summed E-state index contributed by atoms with van der Waals surface area (Å²) in [6, 6.07) is 12.7. The quantitative estimate of drug-likeness (QED) is 0.0266. The summed E-state index contributed by atoms with van der Waals surface area (Å²) in [5.41, 5.74) is 16.6. The summed E-state index contributed by atoms with van der Waals surface area (Å²) in [5.74, 6) is 3.23. The summed E-state index contributed by atoms with van der Waals surface area (Å²) in [5, 5.41) is 5.49. The number of aryl methyl sites for hydroxylation is 1. The Hall–Kier alpha value is -5.69. The summed E-state index contributed by atoms with van der Waals surface area (Å²) in [6.45, 7) is 7.44. The van der Waals surface area contributed by atoms with Crippen LogP contribution in [0.4, 0.5) is 11.8 Å². The zero-order valence-electron chi connectivity index (χ0n) is 39.6. The second-order valence-electron chi connectivity index (χ2n) is 15.9. The number of anilines is 2. The average molecular weight is 958 g/mol. The smallest absolute Gasteiger partial charge is 0.292 e. The molecule has 0 spiro atoms. The van der Waals surface area contributed by atoms with E-state index in [0.717, 1.165) is 24.8 Å². The number of Topliss-reactive ketones (excluding diaryl/α,β-unsaturated/α-hetero) is 3. The molecular formula is C50H67N7O12. The molecule has 69 heavy (non-hydrogen) atoms. The number of terminal acetylenes is 1. The van der Waals surface area contributed by atoms with E-state index in [-0.39, 0.29) is 23.4 Å². The molecule has 0 saturated carbocycles. The number of ketones is 3. The molecule has 0 bridgehead atoms. The molecule has 374 valence electrons. The number of ether oxygens (including phenoxy) is 8. The fraction of sp³-hybridized carbons (Fsp3) is 0.540. The molecular weight excluding hydrogens is 891 g/mol. The van der Waals surface area contributed by atoms with Gasteiger partial charge in [0.25, 0.3) is 6.01 Å². The molecule has 0 unspecified atom stereocenters. The van der Waals surface area contributed by atoms with E-state index in [4.69, 9.17) is 65.3 Å². The van der Waals surface area contributed by atoms with Gasteiger partial charge in [-0.05, 0) is 56.0 Å². The number of fused-ring (bicyclic) bond motifs is 2. The van der Waals surface area contributed by atoms with Crippen LogP contribution in [-0.4, -0.2) is 148 Å². The van der Waals surface area contributed by atoms with Crippen molar-refractivity contribution in [2.45, 2.75) is 70.8 Å². The number of nitrogen functional groups attached to an aromatic ring is 2. The first-order valence-corrected chi connectivity index (χ1v) is 23.7. The van der Waals surface area contributed by atoms with E-state index in [9.17, 15) is 14.4 Å². The average Bonchev–Trinajstić information content (AvgIpc) is 3.93. The molecule has 0 amide bonds. The third kappa shape index (κ3) is 20.4. The topological polar surface area (TPSA) is 247 Å². The Bertz CT molecular complexity index is 2350. The summed E-state index contributed by atoms with van der Waals surface area (Å²) >= 11 is 0. The van der Waals surface area contributed by atoms with Gasteiger partial charge in [0.05, 0.1) is 97.9 Å². The third-order valence-electron chi connectivity index (χ3n) is 10.6. The van der Waals surface area contributed by atoms with Gasteiger partial charge in [0.2, 0.25) is 0 Å². The van der Waals surface area contributed by atoms with E-state index in [1.54, 1.807) is 30.3 Å². The molecule has 3 aromatic heterocycles. The zero-order valence-corrected chi connectivity index (χ0v) is 39.6. The van der Waals surface area contributed by atoms with Crippen LogP contribution in [0, 0.1) is 12.3 Å². The predicted octanol–water partition coefficient (Wildman–Crippen LogP) is 5.84. The lowest BCUT2D eigenvalue weighted by molar-refractivity contribution is -0.121. The molecule has 0 fully saturated rings. The zero-order chi connectivity index (χ0) is 48.7. The number of hydrogen-bond donors (Lipinski definition) is 2. The number of rotatable bonds is 40. The number of aromatic nitrogens is 5. The summed E-state index contributed by atoms with van der Waals surface area (Å²) in [6.07, 6.45) is 12.6. The molecule has 0 atom stereocenters. The lowest BCUT2D eigenvalue weighted by Gasteiger charge is -2.08. The summed E-state index contributed by atoms with van der Waals surface area (Å²) < 4.78 is 51.5. The number of unbranched alkanes of at least 4 members (excludes halogenated alkanes) is 2. The fourth-order valence-electron chi connectivity index (χ4n) is 7.02. The number of benzene rings is 2. The number of carbonyl (C=O) groups is 3. The molecule has 3 heterocycles. The molecule has 4 N–H and O–H groups in total. The van der Waals surface area contributed by atoms with Crippen molar-refractivity contribution in [3.8, 4) is 23.6 Å². The van der Waals surface area contributed by atoms with Crippen molar-refractivity contribution in [3.63, 3.8) is 0 Å².